The summed E-state index contributed by atoms with van der Waals surface area (Å²) < 4.78 is 0. The van der Waals surface area contributed by atoms with Crippen LogP contribution in [0.2, 0.25) is 0 Å². The molecule has 0 fully saturated rings. The van der Waals surface area contributed by atoms with Gasteiger partial charge in [0.25, 0.3) is 5.91 Å². The number of hydrogen-bond acceptors (Lipinski definition) is 3. The molecule has 0 aliphatic heterocycles. The van der Waals surface area contributed by atoms with Crippen molar-refractivity contribution in [1.29, 1.82) is 0 Å². The maximum atomic E-state index is 12.4. The zero-order valence-electron chi connectivity index (χ0n) is 16.0. The van der Waals surface area contributed by atoms with Gasteiger partial charge in [0.05, 0.1) is 11.4 Å². The minimum absolute atomic E-state index is 0.333. The van der Waals surface area contributed by atoms with Crippen molar-refractivity contribution >= 4 is 11.6 Å². The Morgan fingerprint density at radius 1 is 0.828 bits per heavy atom. The molecular formula is C24H20N4O. The molecule has 142 valence electrons. The minimum Gasteiger partial charge on any atom is -0.272 e. The van der Waals surface area contributed by atoms with Crippen LogP contribution in [0.25, 0.3) is 22.4 Å². The first-order valence-electron chi connectivity index (χ1n) is 9.32. The number of benzene rings is 3. The number of rotatable bonds is 5. The molecule has 2 N–H and O–H groups in total. The molecule has 0 radical (unpaired) electrons. The number of amides is 1. The van der Waals surface area contributed by atoms with E-state index in [1.54, 1.807) is 6.07 Å². The molecule has 4 rings (SSSR count). The third kappa shape index (κ3) is 4.30. The van der Waals surface area contributed by atoms with Gasteiger partial charge in [0, 0.05) is 5.56 Å². The number of aromatic nitrogens is 2. The van der Waals surface area contributed by atoms with Crippen LogP contribution in [0.1, 0.15) is 23.0 Å². The molecule has 4 aromatic rings. The molecule has 5 heteroatoms. The monoisotopic (exact) mass is 380 g/mol. The highest BCUT2D eigenvalue weighted by Crippen LogP contribution is 2.19. The molecule has 1 heterocycles. The number of hydrogen-bond donors (Lipinski definition) is 2. The van der Waals surface area contributed by atoms with E-state index in [9.17, 15) is 4.79 Å². The Hall–Kier alpha value is -3.99. The number of carbonyl (C=O) groups excluding carboxylic acids is 1. The summed E-state index contributed by atoms with van der Waals surface area (Å²) in [6.07, 6.45) is 0. The van der Waals surface area contributed by atoms with Crippen molar-refractivity contribution < 1.29 is 4.79 Å². The van der Waals surface area contributed by atoms with Crippen LogP contribution in [0.5, 0.6) is 0 Å². The molecule has 0 aliphatic carbocycles. The van der Waals surface area contributed by atoms with Crippen LogP contribution in [0, 0.1) is 0 Å². The van der Waals surface area contributed by atoms with E-state index in [0.717, 1.165) is 28.0 Å². The molecule has 0 bridgehead atoms. The Bertz CT molecular complexity index is 1130. The molecule has 29 heavy (non-hydrogen) atoms. The number of hydrazone groups is 1. The number of carbonyl (C=O) groups is 1. The smallest absolute Gasteiger partial charge is 0.272 e. The van der Waals surface area contributed by atoms with E-state index in [0.29, 0.717) is 11.4 Å². The molecular weight excluding hydrogens is 360 g/mol. The first kappa shape index (κ1) is 18.4. The maximum absolute atomic E-state index is 12.4. The molecule has 0 saturated carbocycles. The van der Waals surface area contributed by atoms with Crippen molar-refractivity contribution in [3.05, 3.63) is 102 Å². The van der Waals surface area contributed by atoms with Crippen LogP contribution in [0.4, 0.5) is 0 Å². The third-order valence-corrected chi connectivity index (χ3v) is 4.63. The van der Waals surface area contributed by atoms with Gasteiger partial charge in [-0.05, 0) is 29.7 Å². The van der Waals surface area contributed by atoms with Crippen molar-refractivity contribution in [2.24, 2.45) is 5.10 Å². The molecule has 0 atom stereocenters. The summed E-state index contributed by atoms with van der Waals surface area (Å²) >= 11 is 0. The van der Waals surface area contributed by atoms with Crippen molar-refractivity contribution in [1.82, 2.24) is 15.6 Å². The topological polar surface area (TPSA) is 70.1 Å². The van der Waals surface area contributed by atoms with Crippen LogP contribution < -0.4 is 5.43 Å². The molecule has 0 saturated heterocycles. The molecule has 5 nitrogen and oxygen atoms in total. The predicted molar refractivity (Wildman–Crippen MR) is 116 cm³/mol. The molecule has 0 spiro atoms. The lowest BCUT2D eigenvalue weighted by Gasteiger charge is -2.05. The number of nitrogens with one attached hydrogen (secondary N) is 2. The van der Waals surface area contributed by atoms with Gasteiger partial charge in [0.15, 0.2) is 0 Å². The summed E-state index contributed by atoms with van der Waals surface area (Å²) in [6.45, 7) is 1.86. The van der Waals surface area contributed by atoms with E-state index in [1.165, 1.54) is 0 Å². The summed E-state index contributed by atoms with van der Waals surface area (Å²) in [5.74, 6) is -0.333. The SMILES string of the molecule is CC(=NNC(=O)c1cc(-c2ccccc2)n[nH]1)c1ccc(-c2ccccc2)cc1. The quantitative estimate of drug-likeness (QED) is 0.382. The first-order valence-corrected chi connectivity index (χ1v) is 9.32. The van der Waals surface area contributed by atoms with E-state index in [4.69, 9.17) is 0 Å². The summed E-state index contributed by atoms with van der Waals surface area (Å²) in [6, 6.07) is 29.7. The van der Waals surface area contributed by atoms with Crippen LogP contribution in [-0.2, 0) is 0 Å². The van der Waals surface area contributed by atoms with Crippen LogP contribution >= 0.6 is 0 Å². The van der Waals surface area contributed by atoms with Gasteiger partial charge in [-0.1, -0.05) is 84.9 Å². The first-order chi connectivity index (χ1) is 14.2. The third-order valence-electron chi connectivity index (χ3n) is 4.63. The van der Waals surface area contributed by atoms with Crippen LogP contribution in [0.15, 0.2) is 96.1 Å². The lowest BCUT2D eigenvalue weighted by molar-refractivity contribution is 0.0950. The Morgan fingerprint density at radius 2 is 1.41 bits per heavy atom. The highest BCUT2D eigenvalue weighted by atomic mass is 16.2. The Labute approximate surface area is 169 Å². The normalized spacial score (nSPS) is 11.3. The summed E-state index contributed by atoms with van der Waals surface area (Å²) in [5, 5.41) is 11.2. The van der Waals surface area contributed by atoms with Crippen molar-refractivity contribution in [2.75, 3.05) is 0 Å². The summed E-state index contributed by atoms with van der Waals surface area (Å²) in [5.41, 5.74) is 8.57. The second-order valence-electron chi connectivity index (χ2n) is 6.61. The van der Waals surface area contributed by atoms with Gasteiger partial charge in [0.1, 0.15) is 5.69 Å². The molecule has 1 amide bonds. The molecule has 1 aromatic heterocycles. The van der Waals surface area contributed by atoms with Gasteiger partial charge < -0.3 is 0 Å². The molecule has 0 unspecified atom stereocenters. The van der Waals surface area contributed by atoms with E-state index in [1.807, 2.05) is 79.7 Å². The van der Waals surface area contributed by atoms with Crippen LogP contribution in [-0.4, -0.2) is 21.8 Å². The predicted octanol–water partition coefficient (Wildman–Crippen LogP) is 4.90. The maximum Gasteiger partial charge on any atom is 0.289 e. The number of aromatic amines is 1. The second kappa shape index (κ2) is 8.35. The molecule has 0 aliphatic rings. The van der Waals surface area contributed by atoms with Gasteiger partial charge in [-0.25, -0.2) is 5.43 Å². The lowest BCUT2D eigenvalue weighted by Crippen LogP contribution is -2.19. The fourth-order valence-electron chi connectivity index (χ4n) is 2.99. The largest absolute Gasteiger partial charge is 0.289 e. The fraction of sp³-hybridized carbons (Fsp3) is 0.0417. The highest BCUT2D eigenvalue weighted by molar-refractivity contribution is 6.01. The van der Waals surface area contributed by atoms with E-state index in [2.05, 4.69) is 32.9 Å². The van der Waals surface area contributed by atoms with Gasteiger partial charge in [0.2, 0.25) is 0 Å². The lowest BCUT2D eigenvalue weighted by atomic mass is 10.0. The van der Waals surface area contributed by atoms with Gasteiger partial charge in [-0.15, -0.1) is 0 Å². The Kier molecular flexibility index (Phi) is 5.29. The van der Waals surface area contributed by atoms with Gasteiger partial charge >= 0.3 is 0 Å². The number of H-pyrrole nitrogens is 1. The standard InChI is InChI=1S/C24H20N4O/c1-17(18-12-14-20(15-13-18)19-8-4-2-5-9-19)25-28-24(29)23-16-22(26-27-23)21-10-6-3-7-11-21/h2-16H,1H3,(H,26,27)(H,28,29). The van der Waals surface area contributed by atoms with Crippen molar-refractivity contribution in [3.63, 3.8) is 0 Å². The minimum atomic E-state index is -0.333. The zero-order valence-corrected chi connectivity index (χ0v) is 16.0. The van der Waals surface area contributed by atoms with Crippen molar-refractivity contribution in [2.45, 2.75) is 6.92 Å². The van der Waals surface area contributed by atoms with Gasteiger partial charge in [-0.3, -0.25) is 9.89 Å². The van der Waals surface area contributed by atoms with Crippen molar-refractivity contribution in [3.8, 4) is 22.4 Å². The second-order valence-corrected chi connectivity index (χ2v) is 6.61. The van der Waals surface area contributed by atoms with E-state index in [-0.39, 0.29) is 5.91 Å². The van der Waals surface area contributed by atoms with Gasteiger partial charge in [-0.2, -0.15) is 10.2 Å². The fourth-order valence-corrected chi connectivity index (χ4v) is 2.99. The zero-order chi connectivity index (χ0) is 20.1. The van der Waals surface area contributed by atoms with E-state index < -0.39 is 0 Å². The van der Waals surface area contributed by atoms with Crippen LogP contribution in [0.3, 0.4) is 0 Å². The molecule has 3 aromatic carbocycles. The highest BCUT2D eigenvalue weighted by Gasteiger charge is 2.10. The summed E-state index contributed by atoms with van der Waals surface area (Å²) in [4.78, 5) is 12.4. The average molecular weight is 380 g/mol. The Morgan fingerprint density at radius 3 is 2.07 bits per heavy atom. The average Bonchev–Trinajstić information content (AvgIpc) is 3.29. The Balaban J connectivity index is 1.43. The number of nitrogens with zero attached hydrogens (tertiary/aromatic N) is 2. The van der Waals surface area contributed by atoms with E-state index >= 15 is 0 Å². The summed E-state index contributed by atoms with van der Waals surface area (Å²) in [7, 11) is 0.